The van der Waals surface area contributed by atoms with Crippen molar-refractivity contribution < 1.29 is 0 Å². The highest BCUT2D eigenvalue weighted by Crippen LogP contribution is 2.25. The lowest BCUT2D eigenvalue weighted by molar-refractivity contribution is 1.43. The number of nitrogens with one attached hydrogen (secondary N) is 1. The molecule has 0 saturated carbocycles. The molecule has 0 spiro atoms. The maximum atomic E-state index is 5.89. The van der Waals surface area contributed by atoms with E-state index in [4.69, 9.17) is 11.6 Å². The van der Waals surface area contributed by atoms with Crippen LogP contribution in [-0.2, 0) is 0 Å². The lowest BCUT2D eigenvalue weighted by Crippen LogP contribution is -1.76. The van der Waals surface area contributed by atoms with Crippen molar-refractivity contribution in [2.24, 2.45) is 0 Å². The van der Waals surface area contributed by atoms with Gasteiger partial charge in [0.15, 0.2) is 0 Å². The van der Waals surface area contributed by atoms with E-state index in [0.717, 1.165) is 16.3 Å². The molecule has 0 atom stereocenters. The minimum absolute atomic E-state index is 0.765. The molecule has 0 radical (unpaired) electrons. The first kappa shape index (κ1) is 10.4. The molecule has 0 bridgehead atoms. The number of benzene rings is 2. The molecule has 1 aromatic heterocycles. The minimum Gasteiger partial charge on any atom is -0.355 e. The van der Waals surface area contributed by atoms with E-state index in [1.54, 1.807) is 0 Å². The van der Waals surface area contributed by atoms with Gasteiger partial charge in [0.1, 0.15) is 0 Å². The monoisotopic (exact) mass is 241 g/mol. The largest absolute Gasteiger partial charge is 0.355 e. The molecule has 0 unspecified atom stereocenters. The Hall–Kier alpha value is -1.73. The van der Waals surface area contributed by atoms with Crippen molar-refractivity contribution in [2.45, 2.75) is 6.92 Å². The van der Waals surface area contributed by atoms with E-state index in [0.29, 0.717) is 0 Å². The van der Waals surface area contributed by atoms with Crippen LogP contribution in [0, 0.1) is 6.92 Å². The Labute approximate surface area is 105 Å². The Morgan fingerprint density at radius 1 is 0.941 bits per heavy atom. The number of aromatic amines is 1. The fourth-order valence-electron chi connectivity index (χ4n) is 2.03. The van der Waals surface area contributed by atoms with E-state index in [2.05, 4.69) is 36.2 Å². The van der Waals surface area contributed by atoms with Gasteiger partial charge in [0, 0.05) is 21.6 Å². The van der Waals surface area contributed by atoms with Gasteiger partial charge in [-0.1, -0.05) is 35.9 Å². The molecule has 0 aliphatic rings. The third-order valence-corrected chi connectivity index (χ3v) is 3.19. The van der Waals surface area contributed by atoms with Crippen LogP contribution < -0.4 is 0 Å². The smallest absolute Gasteiger partial charge is 0.0464 e. The van der Waals surface area contributed by atoms with Gasteiger partial charge in [-0.2, -0.15) is 0 Å². The first-order valence-corrected chi connectivity index (χ1v) is 5.95. The highest BCUT2D eigenvalue weighted by molar-refractivity contribution is 6.30. The average molecular weight is 242 g/mol. The zero-order chi connectivity index (χ0) is 11.8. The summed E-state index contributed by atoms with van der Waals surface area (Å²) in [5, 5.41) is 2.00. The first-order valence-electron chi connectivity index (χ1n) is 5.58. The highest BCUT2D eigenvalue weighted by Gasteiger charge is 2.03. The molecular weight excluding hydrogens is 230 g/mol. The Balaban J connectivity index is 2.14. The van der Waals surface area contributed by atoms with Gasteiger partial charge >= 0.3 is 0 Å². The predicted octanol–water partition coefficient (Wildman–Crippen LogP) is 4.80. The zero-order valence-electron chi connectivity index (χ0n) is 9.50. The average Bonchev–Trinajstić information content (AvgIpc) is 2.72. The summed E-state index contributed by atoms with van der Waals surface area (Å²) < 4.78 is 0. The van der Waals surface area contributed by atoms with Crippen LogP contribution in [-0.4, -0.2) is 4.98 Å². The summed E-state index contributed by atoms with van der Waals surface area (Å²) in [4.78, 5) is 3.43. The van der Waals surface area contributed by atoms with Crippen LogP contribution in [0.1, 0.15) is 5.56 Å². The minimum atomic E-state index is 0.765. The van der Waals surface area contributed by atoms with Crippen molar-refractivity contribution in [1.29, 1.82) is 0 Å². The molecule has 0 saturated heterocycles. The van der Waals surface area contributed by atoms with Crippen LogP contribution in [0.4, 0.5) is 0 Å². The van der Waals surface area contributed by atoms with E-state index in [9.17, 15) is 0 Å². The van der Waals surface area contributed by atoms with E-state index in [-0.39, 0.29) is 0 Å². The topological polar surface area (TPSA) is 15.8 Å². The van der Waals surface area contributed by atoms with Crippen molar-refractivity contribution in [3.05, 3.63) is 59.1 Å². The summed E-state index contributed by atoms with van der Waals surface area (Å²) >= 11 is 5.89. The SMILES string of the molecule is Cc1ccc2cc(-c3ccc(Cl)cc3)[nH]c2c1. The molecule has 0 fully saturated rings. The summed E-state index contributed by atoms with van der Waals surface area (Å²) in [7, 11) is 0. The maximum Gasteiger partial charge on any atom is 0.0464 e. The number of H-pyrrole nitrogens is 1. The second-order valence-electron chi connectivity index (χ2n) is 4.28. The van der Waals surface area contributed by atoms with Gasteiger partial charge in [-0.25, -0.2) is 0 Å². The van der Waals surface area contributed by atoms with E-state index < -0.39 is 0 Å². The number of aromatic nitrogens is 1. The number of hydrogen-bond acceptors (Lipinski definition) is 0. The number of hydrogen-bond donors (Lipinski definition) is 1. The molecule has 1 nitrogen and oxygen atoms in total. The van der Waals surface area contributed by atoms with Gasteiger partial charge in [0.05, 0.1) is 0 Å². The molecular formula is C15H12ClN. The van der Waals surface area contributed by atoms with E-state index >= 15 is 0 Å². The Bertz CT molecular complexity index is 665. The van der Waals surface area contributed by atoms with Crippen LogP contribution in [0.3, 0.4) is 0 Å². The van der Waals surface area contributed by atoms with Gasteiger partial charge in [-0.3, -0.25) is 0 Å². The maximum absolute atomic E-state index is 5.89. The summed E-state index contributed by atoms with van der Waals surface area (Å²) in [5.41, 5.74) is 4.72. The molecule has 1 N–H and O–H groups in total. The van der Waals surface area contributed by atoms with Crippen LogP contribution in [0.2, 0.25) is 5.02 Å². The number of fused-ring (bicyclic) bond motifs is 1. The Kier molecular flexibility index (Phi) is 2.41. The number of aryl methyl sites for hydroxylation is 1. The third-order valence-electron chi connectivity index (χ3n) is 2.93. The second-order valence-corrected chi connectivity index (χ2v) is 4.72. The first-order chi connectivity index (χ1) is 8.22. The normalized spacial score (nSPS) is 10.9. The Morgan fingerprint density at radius 3 is 2.47 bits per heavy atom. The predicted molar refractivity (Wildman–Crippen MR) is 73.5 cm³/mol. The van der Waals surface area contributed by atoms with Gasteiger partial charge in [0.25, 0.3) is 0 Å². The summed E-state index contributed by atoms with van der Waals surface area (Å²) in [6, 6.07) is 16.5. The van der Waals surface area contributed by atoms with Crippen LogP contribution >= 0.6 is 11.6 Å². The molecule has 2 aromatic carbocycles. The van der Waals surface area contributed by atoms with Crippen LogP contribution in [0.5, 0.6) is 0 Å². The van der Waals surface area contributed by atoms with Gasteiger partial charge in [0.2, 0.25) is 0 Å². The number of rotatable bonds is 1. The summed E-state index contributed by atoms with van der Waals surface area (Å²) in [6.07, 6.45) is 0. The molecule has 0 aliphatic carbocycles. The van der Waals surface area contributed by atoms with E-state index in [1.807, 2.05) is 24.3 Å². The molecule has 2 heteroatoms. The van der Waals surface area contributed by atoms with E-state index in [1.165, 1.54) is 16.5 Å². The van der Waals surface area contributed by atoms with Gasteiger partial charge < -0.3 is 4.98 Å². The molecule has 1 heterocycles. The quantitative estimate of drug-likeness (QED) is 0.630. The van der Waals surface area contributed by atoms with Gasteiger partial charge in [-0.15, -0.1) is 0 Å². The number of halogens is 1. The van der Waals surface area contributed by atoms with Crippen molar-refractivity contribution in [2.75, 3.05) is 0 Å². The van der Waals surface area contributed by atoms with Crippen molar-refractivity contribution in [1.82, 2.24) is 4.98 Å². The van der Waals surface area contributed by atoms with Crippen LogP contribution in [0.25, 0.3) is 22.2 Å². The molecule has 84 valence electrons. The fourth-order valence-corrected chi connectivity index (χ4v) is 2.15. The Morgan fingerprint density at radius 2 is 1.71 bits per heavy atom. The van der Waals surface area contributed by atoms with Crippen molar-refractivity contribution >= 4 is 22.5 Å². The van der Waals surface area contributed by atoms with Crippen molar-refractivity contribution in [3.63, 3.8) is 0 Å². The molecule has 0 amide bonds. The standard InChI is InChI=1S/C15H12ClN/c1-10-2-3-12-9-15(17-14(12)8-10)11-4-6-13(16)7-5-11/h2-9,17H,1H3. The fraction of sp³-hybridized carbons (Fsp3) is 0.0667. The molecule has 3 aromatic rings. The van der Waals surface area contributed by atoms with Gasteiger partial charge in [-0.05, 0) is 42.3 Å². The molecule has 3 rings (SSSR count). The highest BCUT2D eigenvalue weighted by atomic mass is 35.5. The molecule has 17 heavy (non-hydrogen) atoms. The van der Waals surface area contributed by atoms with Crippen molar-refractivity contribution in [3.8, 4) is 11.3 Å². The zero-order valence-corrected chi connectivity index (χ0v) is 10.3. The molecule has 0 aliphatic heterocycles. The lowest BCUT2D eigenvalue weighted by atomic mass is 10.1. The summed E-state index contributed by atoms with van der Waals surface area (Å²) in [6.45, 7) is 2.10. The summed E-state index contributed by atoms with van der Waals surface area (Å²) in [5.74, 6) is 0. The second kappa shape index (κ2) is 3.94. The lowest BCUT2D eigenvalue weighted by Gasteiger charge is -1.97. The van der Waals surface area contributed by atoms with Crippen LogP contribution in [0.15, 0.2) is 48.5 Å². The third kappa shape index (κ3) is 1.94.